The average molecular weight is 329 g/mol. The molecule has 0 aliphatic rings. The molecule has 2 heterocycles. The van der Waals surface area contributed by atoms with E-state index in [0.717, 1.165) is 12.1 Å². The summed E-state index contributed by atoms with van der Waals surface area (Å²) in [5, 5.41) is 5.45. The quantitative estimate of drug-likeness (QED) is 0.750. The molecule has 0 spiro atoms. The number of halogens is 2. The van der Waals surface area contributed by atoms with Gasteiger partial charge in [-0.3, -0.25) is 9.78 Å². The molecule has 0 saturated carbocycles. The first-order valence-electron chi connectivity index (χ1n) is 7.10. The van der Waals surface area contributed by atoms with E-state index in [2.05, 4.69) is 15.6 Å². The summed E-state index contributed by atoms with van der Waals surface area (Å²) in [6, 6.07) is 9.71. The fraction of sp³-hybridized carbons (Fsp3) is 0.0588. The van der Waals surface area contributed by atoms with Gasteiger partial charge in [-0.2, -0.15) is 0 Å². The topological polar surface area (TPSA) is 67.2 Å². The molecule has 0 radical (unpaired) electrons. The summed E-state index contributed by atoms with van der Waals surface area (Å²) < 4.78 is 31.7. The zero-order valence-electron chi connectivity index (χ0n) is 12.4. The van der Waals surface area contributed by atoms with Crippen molar-refractivity contribution in [3.63, 3.8) is 0 Å². The maximum Gasteiger partial charge on any atom is 0.270 e. The Bertz CT molecular complexity index is 851. The molecule has 0 saturated heterocycles. The van der Waals surface area contributed by atoms with Gasteiger partial charge in [0.2, 0.25) is 0 Å². The normalized spacial score (nSPS) is 10.4. The van der Waals surface area contributed by atoms with E-state index in [9.17, 15) is 13.6 Å². The Kier molecular flexibility index (Phi) is 4.51. The third-order valence-electron chi connectivity index (χ3n) is 3.21. The van der Waals surface area contributed by atoms with Crippen molar-refractivity contribution in [2.24, 2.45) is 0 Å². The highest BCUT2D eigenvalue weighted by Crippen LogP contribution is 2.20. The van der Waals surface area contributed by atoms with Crippen LogP contribution in [0, 0.1) is 11.6 Å². The van der Waals surface area contributed by atoms with Crippen molar-refractivity contribution >= 4 is 17.3 Å². The van der Waals surface area contributed by atoms with Gasteiger partial charge in [-0.1, -0.05) is 0 Å². The molecule has 1 aromatic carbocycles. The summed E-state index contributed by atoms with van der Waals surface area (Å²) in [6.07, 6.45) is 2.94. The molecule has 0 atom stereocenters. The van der Waals surface area contributed by atoms with E-state index in [1.54, 1.807) is 18.2 Å². The van der Waals surface area contributed by atoms with Gasteiger partial charge in [0.15, 0.2) is 0 Å². The number of amides is 1. The van der Waals surface area contributed by atoms with Crippen molar-refractivity contribution in [3.8, 4) is 0 Å². The van der Waals surface area contributed by atoms with E-state index < -0.39 is 17.5 Å². The molecule has 7 heteroatoms. The monoisotopic (exact) mass is 329 g/mol. The largest absolute Gasteiger partial charge is 0.467 e. The van der Waals surface area contributed by atoms with E-state index in [1.165, 1.54) is 24.6 Å². The van der Waals surface area contributed by atoms with Crippen LogP contribution in [-0.2, 0) is 6.54 Å². The van der Waals surface area contributed by atoms with Crippen LogP contribution in [0.1, 0.15) is 16.2 Å². The Morgan fingerprint density at radius 2 is 2.04 bits per heavy atom. The van der Waals surface area contributed by atoms with Crippen molar-refractivity contribution < 1.29 is 18.0 Å². The van der Waals surface area contributed by atoms with Crippen LogP contribution < -0.4 is 10.6 Å². The molecule has 5 nitrogen and oxygen atoms in total. The molecule has 2 aromatic heterocycles. The number of nitrogens with zero attached hydrogens (tertiary/aromatic N) is 1. The summed E-state index contributed by atoms with van der Waals surface area (Å²) in [5.74, 6) is -1.16. The maximum absolute atomic E-state index is 13.7. The van der Waals surface area contributed by atoms with E-state index >= 15 is 0 Å². The number of benzene rings is 1. The first-order chi connectivity index (χ1) is 11.6. The van der Waals surface area contributed by atoms with Gasteiger partial charge in [-0.15, -0.1) is 0 Å². The lowest BCUT2D eigenvalue weighted by Gasteiger charge is -2.09. The summed E-state index contributed by atoms with van der Waals surface area (Å²) in [4.78, 5) is 16.1. The van der Waals surface area contributed by atoms with Gasteiger partial charge in [-0.05, 0) is 36.4 Å². The lowest BCUT2D eigenvalue weighted by atomic mass is 10.2. The molecule has 0 bridgehead atoms. The van der Waals surface area contributed by atoms with Crippen LogP contribution in [0.15, 0.2) is 59.3 Å². The summed E-state index contributed by atoms with van der Waals surface area (Å²) in [5.41, 5.74) is 0.720. The van der Waals surface area contributed by atoms with Crippen LogP contribution in [-0.4, -0.2) is 10.9 Å². The Morgan fingerprint density at radius 3 is 2.79 bits per heavy atom. The second kappa shape index (κ2) is 6.91. The van der Waals surface area contributed by atoms with Crippen molar-refractivity contribution in [1.29, 1.82) is 0 Å². The van der Waals surface area contributed by atoms with Crippen LogP contribution in [0.2, 0.25) is 0 Å². The zero-order valence-corrected chi connectivity index (χ0v) is 12.4. The van der Waals surface area contributed by atoms with Gasteiger partial charge >= 0.3 is 0 Å². The molecule has 3 aromatic rings. The highest BCUT2D eigenvalue weighted by molar-refractivity contribution is 5.93. The Balaban J connectivity index is 1.70. The number of anilines is 2. The minimum Gasteiger partial charge on any atom is -0.467 e. The Hall–Kier alpha value is -3.22. The number of rotatable bonds is 5. The van der Waals surface area contributed by atoms with Crippen molar-refractivity contribution in [1.82, 2.24) is 10.3 Å². The van der Waals surface area contributed by atoms with Crippen LogP contribution >= 0.6 is 0 Å². The Morgan fingerprint density at radius 1 is 1.17 bits per heavy atom. The fourth-order valence-electron chi connectivity index (χ4n) is 2.05. The lowest BCUT2D eigenvalue weighted by molar-refractivity contribution is 0.0943. The van der Waals surface area contributed by atoms with Gasteiger partial charge in [0.05, 0.1) is 18.5 Å². The second-order valence-corrected chi connectivity index (χ2v) is 4.94. The highest BCUT2D eigenvalue weighted by Gasteiger charge is 2.10. The minimum atomic E-state index is -0.726. The molecule has 0 aliphatic carbocycles. The van der Waals surface area contributed by atoms with Gasteiger partial charge in [-0.25, -0.2) is 8.78 Å². The number of aromatic nitrogens is 1. The second-order valence-electron chi connectivity index (χ2n) is 4.94. The molecule has 3 rings (SSSR count). The molecule has 0 fully saturated rings. The summed E-state index contributed by atoms with van der Waals surface area (Å²) >= 11 is 0. The predicted molar refractivity (Wildman–Crippen MR) is 83.8 cm³/mol. The van der Waals surface area contributed by atoms with Gasteiger partial charge in [0.25, 0.3) is 5.91 Å². The molecular formula is C17H13F2N3O2. The SMILES string of the molecule is O=C(NCc1ccco1)c1cc(Nc2ccc(F)cc2F)ccn1. The third kappa shape index (κ3) is 3.75. The van der Waals surface area contributed by atoms with E-state index in [-0.39, 0.29) is 17.9 Å². The zero-order chi connectivity index (χ0) is 16.9. The standard InChI is InChI=1S/C17H13F2N3O2/c18-11-3-4-15(14(19)8-11)22-12-5-6-20-16(9-12)17(23)21-10-13-2-1-7-24-13/h1-9H,10H2,(H,20,22)(H,21,23). The van der Waals surface area contributed by atoms with Crippen LogP contribution in [0.3, 0.4) is 0 Å². The number of furan rings is 1. The number of pyridine rings is 1. The lowest BCUT2D eigenvalue weighted by Crippen LogP contribution is -2.23. The average Bonchev–Trinajstić information content (AvgIpc) is 3.09. The highest BCUT2D eigenvalue weighted by atomic mass is 19.1. The van der Waals surface area contributed by atoms with Gasteiger partial charge < -0.3 is 15.1 Å². The number of nitrogens with one attached hydrogen (secondary N) is 2. The van der Waals surface area contributed by atoms with Gasteiger partial charge in [0.1, 0.15) is 23.1 Å². The van der Waals surface area contributed by atoms with E-state index in [4.69, 9.17) is 4.42 Å². The van der Waals surface area contributed by atoms with Crippen molar-refractivity contribution in [2.45, 2.75) is 6.54 Å². The first kappa shape index (κ1) is 15.7. The van der Waals surface area contributed by atoms with Crippen molar-refractivity contribution in [2.75, 3.05) is 5.32 Å². The van der Waals surface area contributed by atoms with E-state index in [1.807, 2.05) is 0 Å². The Labute approximate surface area is 136 Å². The first-order valence-corrected chi connectivity index (χ1v) is 7.10. The van der Waals surface area contributed by atoms with Crippen molar-refractivity contribution in [3.05, 3.63) is 78.0 Å². The smallest absolute Gasteiger partial charge is 0.270 e. The molecule has 1 amide bonds. The number of hydrogen-bond acceptors (Lipinski definition) is 4. The number of hydrogen-bond donors (Lipinski definition) is 2. The van der Waals surface area contributed by atoms with Gasteiger partial charge in [0, 0.05) is 18.0 Å². The van der Waals surface area contributed by atoms with Crippen LogP contribution in [0.5, 0.6) is 0 Å². The third-order valence-corrected chi connectivity index (χ3v) is 3.21. The minimum absolute atomic E-state index is 0.101. The number of carbonyl (C=O) groups excluding carboxylic acids is 1. The summed E-state index contributed by atoms with van der Waals surface area (Å²) in [6.45, 7) is 0.234. The molecular weight excluding hydrogens is 316 g/mol. The number of carbonyl (C=O) groups is 1. The molecule has 122 valence electrons. The predicted octanol–water partition coefficient (Wildman–Crippen LogP) is 3.63. The summed E-state index contributed by atoms with van der Waals surface area (Å²) in [7, 11) is 0. The van der Waals surface area contributed by atoms with E-state index in [0.29, 0.717) is 11.4 Å². The molecule has 0 unspecified atom stereocenters. The molecule has 2 N–H and O–H groups in total. The van der Waals surface area contributed by atoms with Crippen LogP contribution in [0.4, 0.5) is 20.2 Å². The molecule has 24 heavy (non-hydrogen) atoms. The van der Waals surface area contributed by atoms with Crippen LogP contribution in [0.25, 0.3) is 0 Å². The molecule has 0 aliphatic heterocycles. The fourth-order valence-corrected chi connectivity index (χ4v) is 2.05. The maximum atomic E-state index is 13.7.